The van der Waals surface area contributed by atoms with Crippen LogP contribution in [0.15, 0.2) is 49.6 Å². The molecule has 27 heteroatoms. The van der Waals surface area contributed by atoms with E-state index in [4.69, 9.17) is 55.1 Å². The van der Waals surface area contributed by atoms with Gasteiger partial charge in [0.15, 0.2) is 0 Å². The average molecular weight is 1050 g/mol. The van der Waals surface area contributed by atoms with Crippen LogP contribution in [0.2, 0.25) is 0 Å². The highest BCUT2D eigenvalue weighted by molar-refractivity contribution is 6.06. The van der Waals surface area contributed by atoms with Crippen LogP contribution in [0, 0.1) is 5.92 Å². The number of esters is 3. The predicted molar refractivity (Wildman–Crippen MR) is 252 cm³/mol. The average Bonchev–Trinajstić information content (AvgIpc) is 4.28. The maximum absolute atomic E-state index is 11.8. The van der Waals surface area contributed by atoms with Gasteiger partial charge < -0.3 is 79.0 Å². The third-order valence-corrected chi connectivity index (χ3v) is 12.0. The molecule has 74 heavy (non-hydrogen) atoms. The van der Waals surface area contributed by atoms with Crippen LogP contribution in [0.25, 0.3) is 0 Å². The minimum atomic E-state index is -0.813. The lowest BCUT2D eigenvalue weighted by molar-refractivity contribution is -0.282. The third kappa shape index (κ3) is 16.0. The molecule has 0 spiro atoms. The zero-order valence-electron chi connectivity index (χ0n) is 42.4. The molecular formula is C47H68N6O21. The summed E-state index contributed by atoms with van der Waals surface area (Å²) in [7, 11) is 8.19. The first-order chi connectivity index (χ1) is 35.4. The van der Waals surface area contributed by atoms with E-state index >= 15 is 0 Å². The number of H-pyrrole nitrogens is 1. The van der Waals surface area contributed by atoms with Gasteiger partial charge >= 0.3 is 17.9 Å². The van der Waals surface area contributed by atoms with Crippen LogP contribution in [0.1, 0.15) is 127 Å². The minimum absolute atomic E-state index is 0.00182. The van der Waals surface area contributed by atoms with Gasteiger partial charge in [-0.2, -0.15) is 0 Å². The number of ether oxygens (including phenoxy) is 6. The molecule has 4 aromatic rings. The number of hydrogen-bond donors (Lipinski definition) is 7. The number of aliphatic hydroxyl groups excluding tert-OH is 4. The third-order valence-electron chi connectivity index (χ3n) is 12.0. The molecule has 7 rings (SSSR count). The first-order valence-electron chi connectivity index (χ1n) is 23.1. The van der Waals surface area contributed by atoms with Crippen molar-refractivity contribution in [3.05, 3.63) is 94.1 Å². The Kier molecular flexibility index (Phi) is 24.3. The number of methoxy groups -OCH3 is 3. The molecule has 3 aliphatic heterocycles. The van der Waals surface area contributed by atoms with E-state index in [0.717, 1.165) is 18.4 Å². The molecule has 7 heterocycles. The Hall–Kier alpha value is -6.05. The van der Waals surface area contributed by atoms with E-state index in [1.165, 1.54) is 59.6 Å². The van der Waals surface area contributed by atoms with E-state index in [2.05, 4.69) is 43.1 Å². The smallest absolute Gasteiger partial charge is 0.339 e. The normalized spacial score (nSPS) is 22.9. The topological polar surface area (TPSA) is 360 Å². The molecule has 0 aliphatic carbocycles. The number of primary amides is 2. The zero-order valence-corrected chi connectivity index (χ0v) is 42.4. The van der Waals surface area contributed by atoms with Gasteiger partial charge in [0.05, 0.1) is 102 Å². The lowest BCUT2D eigenvalue weighted by Crippen LogP contribution is -2.24. The number of carbonyl (C=O) groups is 5. The number of aromatic nitrogens is 4. The summed E-state index contributed by atoms with van der Waals surface area (Å²) in [6.07, 6.45) is 11.5. The first kappa shape index (κ1) is 60.5. The number of nitrogens with two attached hydrogens (primary N) is 2. The number of rotatable bonds is 20. The van der Waals surface area contributed by atoms with Gasteiger partial charge in [0.1, 0.15) is 50.7 Å². The Morgan fingerprint density at radius 3 is 1.27 bits per heavy atom. The van der Waals surface area contributed by atoms with Crippen molar-refractivity contribution in [2.75, 3.05) is 55.9 Å². The molecule has 0 bridgehead atoms. The van der Waals surface area contributed by atoms with Crippen LogP contribution in [0.5, 0.6) is 0 Å². The summed E-state index contributed by atoms with van der Waals surface area (Å²) in [5, 5.41) is 37.5. The monoisotopic (exact) mass is 1050 g/mol. The lowest BCUT2D eigenvalue weighted by atomic mass is 10.0. The second-order valence-electron chi connectivity index (χ2n) is 16.7. The van der Waals surface area contributed by atoms with E-state index in [9.17, 15) is 34.2 Å². The second-order valence-corrected chi connectivity index (χ2v) is 16.7. The van der Waals surface area contributed by atoms with Gasteiger partial charge in [-0.15, -0.1) is 0 Å². The van der Waals surface area contributed by atoms with Gasteiger partial charge in [0.2, 0.25) is 0 Å². The summed E-state index contributed by atoms with van der Waals surface area (Å²) >= 11 is 0. The van der Waals surface area contributed by atoms with Crippen LogP contribution >= 0.6 is 0 Å². The molecule has 3 fully saturated rings. The van der Waals surface area contributed by atoms with Crippen molar-refractivity contribution in [1.82, 2.24) is 18.7 Å². The van der Waals surface area contributed by atoms with E-state index in [-0.39, 0.29) is 68.9 Å². The Morgan fingerprint density at radius 1 is 0.554 bits per heavy atom. The number of carbonyl (C=O) groups excluding carboxylic acids is 5. The van der Waals surface area contributed by atoms with Gasteiger partial charge in [-0.25, -0.2) is 43.7 Å². The minimum Gasteiger partial charge on any atom is -0.465 e. The molecule has 9 unspecified atom stereocenters. The van der Waals surface area contributed by atoms with Crippen molar-refractivity contribution in [3.63, 3.8) is 0 Å². The summed E-state index contributed by atoms with van der Waals surface area (Å²) in [5.41, 5.74) is 13.6. The number of amides is 2. The lowest BCUT2D eigenvalue weighted by Gasteiger charge is -2.14. The highest BCUT2D eigenvalue weighted by Crippen LogP contribution is 2.36. The number of nitrogens with zero attached hydrogens (tertiary/aromatic N) is 3. The number of hydrogen-bond acceptors (Lipinski definition) is 21. The summed E-state index contributed by atoms with van der Waals surface area (Å²) in [6, 6.07) is 0. The molecular weight excluding hydrogens is 985 g/mol. The first-order valence-corrected chi connectivity index (χ1v) is 23.1. The van der Waals surface area contributed by atoms with Crippen LogP contribution in [-0.2, 0) is 77.6 Å². The van der Waals surface area contributed by atoms with E-state index < -0.39 is 60.6 Å². The molecule has 9 N–H and O–H groups in total. The molecule has 3 aliphatic rings. The summed E-state index contributed by atoms with van der Waals surface area (Å²) in [5.74, 6) is -2.32. The molecule has 0 saturated carbocycles. The van der Waals surface area contributed by atoms with Gasteiger partial charge in [0, 0.05) is 79.1 Å². The van der Waals surface area contributed by atoms with Crippen LogP contribution in [0.4, 0.5) is 0 Å². The van der Waals surface area contributed by atoms with Crippen molar-refractivity contribution >= 4 is 29.7 Å². The van der Waals surface area contributed by atoms with Crippen LogP contribution in [-0.4, -0.2) is 155 Å². The number of aliphatic hydroxyl groups is 4. The fraction of sp³-hybridized carbons (Fsp3) is 0.553. The van der Waals surface area contributed by atoms with Crippen LogP contribution < -0.4 is 11.5 Å². The highest BCUT2D eigenvalue weighted by atomic mass is 17.2. The standard InChI is InChI=1S/C15H23NO5.C13H19NO7.C11H15N3O5.C8H11NO4/c1-5-13-10(2)6-14(21-13)16-7-11(9-20-19-4)12(8-16)15(17)18-3;1-18-13(17)9-5-14(4-8(9)7-20-19-2)12-3-10(16)11(6-15)21-12;12-10(17)5-2-14(3-6(5)11(13)18)9-1-7(16)8(4-15)19-9;1-11-8(10)7-4-9-3-6(7)5-13-12-2/h7-8,10,13-14H,5-6,9H2,1-4H3;4-5,10-12,15-16H,3,6-7H2,1-2H3;2-3,7-9,15-16H,1,4H2,(H2,12,17)(H2,13,18);3-4,9H,5H2,1-2H3. The fourth-order valence-electron chi connectivity index (χ4n) is 8.08. The van der Waals surface area contributed by atoms with Crippen molar-refractivity contribution in [1.29, 1.82) is 0 Å². The fourth-order valence-corrected chi connectivity index (χ4v) is 8.08. The zero-order chi connectivity index (χ0) is 54.6. The maximum Gasteiger partial charge on any atom is 0.339 e. The van der Waals surface area contributed by atoms with E-state index in [0.29, 0.717) is 40.2 Å². The summed E-state index contributed by atoms with van der Waals surface area (Å²) in [6.45, 7) is 4.21. The molecule has 9 atom stereocenters. The molecule has 2 amide bonds. The molecule has 4 aromatic heterocycles. The largest absolute Gasteiger partial charge is 0.465 e. The Bertz CT molecular complexity index is 2290. The van der Waals surface area contributed by atoms with Gasteiger partial charge in [-0.3, -0.25) is 9.59 Å². The molecule has 27 nitrogen and oxygen atoms in total. The highest BCUT2D eigenvalue weighted by Gasteiger charge is 2.37. The summed E-state index contributed by atoms with van der Waals surface area (Å²) in [4.78, 5) is 87.9. The molecule has 0 aromatic carbocycles. The summed E-state index contributed by atoms with van der Waals surface area (Å²) < 4.78 is 36.1. The predicted octanol–water partition coefficient (Wildman–Crippen LogP) is 1.89. The Morgan fingerprint density at radius 2 is 0.919 bits per heavy atom. The van der Waals surface area contributed by atoms with Crippen LogP contribution in [0.3, 0.4) is 0 Å². The Balaban J connectivity index is 0.000000217. The molecule has 412 valence electrons. The van der Waals surface area contributed by atoms with Gasteiger partial charge in [-0.05, 0) is 18.8 Å². The maximum atomic E-state index is 11.8. The van der Waals surface area contributed by atoms with Crippen molar-refractivity contribution in [2.45, 2.75) is 109 Å². The van der Waals surface area contributed by atoms with Gasteiger partial charge in [-0.1, -0.05) is 13.8 Å². The molecule has 0 radical (unpaired) electrons. The van der Waals surface area contributed by atoms with Crippen molar-refractivity contribution in [2.24, 2.45) is 17.4 Å². The second kappa shape index (κ2) is 29.7. The van der Waals surface area contributed by atoms with Crippen molar-refractivity contribution < 1.29 is 102 Å². The number of nitrogens with one attached hydrogen (secondary N) is 1. The van der Waals surface area contributed by atoms with E-state index in [1.54, 1.807) is 35.6 Å². The van der Waals surface area contributed by atoms with Crippen molar-refractivity contribution in [3.8, 4) is 0 Å². The Labute approximate surface area is 425 Å². The SMILES string of the molecule is CCC1OC(n2cc(COOC)c(C(=O)OC)c2)CC1C.COOCc1c[nH]cc1C(=O)OC.COOCc1cn(C2CC(O)C(CO)O2)cc1C(=O)OC.NC(=O)c1cn(C2CC(O)C(CO)O2)cc1C(N)=O. The van der Waals surface area contributed by atoms with E-state index in [1.807, 2.05) is 10.8 Å². The van der Waals surface area contributed by atoms with Gasteiger partial charge in [0.25, 0.3) is 11.8 Å². The quantitative estimate of drug-likeness (QED) is 0.0287. The molecule has 3 saturated heterocycles. The number of aromatic amines is 1.